The number of amides is 1. The summed E-state index contributed by atoms with van der Waals surface area (Å²) in [7, 11) is 0. The van der Waals surface area contributed by atoms with Crippen LogP contribution in [0.15, 0.2) is 24.4 Å². The van der Waals surface area contributed by atoms with Gasteiger partial charge >= 0.3 is 5.97 Å². The molecule has 1 rings (SSSR count). The molecule has 1 aromatic rings. The number of esters is 1. The predicted octanol–water partition coefficient (Wildman–Crippen LogP) is 1.04. The molecule has 0 aromatic carbocycles. The molecule has 18 heavy (non-hydrogen) atoms. The number of hydrogen-bond donors (Lipinski definition) is 0. The van der Waals surface area contributed by atoms with E-state index in [0.717, 1.165) is 0 Å². The number of ether oxygens (including phenoxy) is 1. The SMILES string of the molecule is CCOC(=O)CN(CC)C(=O)Cc1ccccn1. The van der Waals surface area contributed by atoms with Gasteiger partial charge in [0.1, 0.15) is 6.54 Å². The van der Waals surface area contributed by atoms with Crippen molar-refractivity contribution in [3.63, 3.8) is 0 Å². The first kappa shape index (κ1) is 14.2. The van der Waals surface area contributed by atoms with Crippen molar-refractivity contribution >= 4 is 11.9 Å². The summed E-state index contributed by atoms with van der Waals surface area (Å²) in [6.45, 7) is 4.37. The van der Waals surface area contributed by atoms with Crippen LogP contribution in [0.3, 0.4) is 0 Å². The van der Waals surface area contributed by atoms with E-state index < -0.39 is 0 Å². The number of aromatic nitrogens is 1. The first-order valence-electron chi connectivity index (χ1n) is 6.00. The lowest BCUT2D eigenvalue weighted by molar-refractivity contribution is -0.148. The normalized spacial score (nSPS) is 9.89. The lowest BCUT2D eigenvalue weighted by atomic mass is 10.2. The lowest BCUT2D eigenvalue weighted by Crippen LogP contribution is -2.37. The van der Waals surface area contributed by atoms with Crippen LogP contribution in [-0.4, -0.2) is 41.5 Å². The Morgan fingerprint density at radius 3 is 2.67 bits per heavy atom. The Morgan fingerprint density at radius 2 is 2.11 bits per heavy atom. The van der Waals surface area contributed by atoms with E-state index in [1.165, 1.54) is 4.90 Å². The van der Waals surface area contributed by atoms with E-state index in [0.29, 0.717) is 18.8 Å². The zero-order chi connectivity index (χ0) is 13.4. The van der Waals surface area contributed by atoms with E-state index in [9.17, 15) is 9.59 Å². The molecule has 0 radical (unpaired) electrons. The molecule has 0 aliphatic rings. The molecule has 0 spiro atoms. The van der Waals surface area contributed by atoms with E-state index in [1.54, 1.807) is 25.3 Å². The smallest absolute Gasteiger partial charge is 0.325 e. The molecule has 1 amide bonds. The number of carbonyl (C=O) groups is 2. The average molecular weight is 250 g/mol. The van der Waals surface area contributed by atoms with Crippen LogP contribution in [0.5, 0.6) is 0 Å². The molecule has 0 N–H and O–H groups in total. The highest BCUT2D eigenvalue weighted by Gasteiger charge is 2.16. The fourth-order valence-electron chi connectivity index (χ4n) is 1.51. The Bertz CT molecular complexity index is 392. The molecule has 1 heterocycles. The molecule has 0 bridgehead atoms. The van der Waals surface area contributed by atoms with Crippen LogP contribution in [0.2, 0.25) is 0 Å². The zero-order valence-corrected chi connectivity index (χ0v) is 10.8. The number of rotatable bonds is 6. The van der Waals surface area contributed by atoms with Gasteiger partial charge in [-0.25, -0.2) is 0 Å². The minimum absolute atomic E-state index is 0.00396. The van der Waals surface area contributed by atoms with Crippen LogP contribution in [0, 0.1) is 0 Å². The van der Waals surface area contributed by atoms with Crippen LogP contribution in [0.4, 0.5) is 0 Å². The highest BCUT2D eigenvalue weighted by Crippen LogP contribution is 2.00. The first-order valence-corrected chi connectivity index (χ1v) is 6.00. The van der Waals surface area contributed by atoms with E-state index >= 15 is 0 Å². The van der Waals surface area contributed by atoms with Gasteiger partial charge in [-0.05, 0) is 26.0 Å². The van der Waals surface area contributed by atoms with Gasteiger partial charge in [-0.3, -0.25) is 14.6 Å². The summed E-state index contributed by atoms with van der Waals surface area (Å²) in [5.74, 6) is -0.502. The second-order valence-electron chi connectivity index (χ2n) is 3.71. The number of carbonyl (C=O) groups excluding carboxylic acids is 2. The number of nitrogens with zero attached hydrogens (tertiary/aromatic N) is 2. The summed E-state index contributed by atoms with van der Waals surface area (Å²) in [6, 6.07) is 5.41. The molecule has 0 aliphatic heterocycles. The molecule has 0 unspecified atom stereocenters. The minimum Gasteiger partial charge on any atom is -0.465 e. The molecule has 1 aromatic heterocycles. The Hall–Kier alpha value is -1.91. The van der Waals surface area contributed by atoms with Crippen molar-refractivity contribution in [3.05, 3.63) is 30.1 Å². The molecule has 0 saturated heterocycles. The zero-order valence-electron chi connectivity index (χ0n) is 10.8. The maximum atomic E-state index is 12.0. The third-order valence-electron chi connectivity index (χ3n) is 2.42. The third-order valence-corrected chi connectivity index (χ3v) is 2.42. The molecule has 0 atom stereocenters. The molecule has 0 saturated carbocycles. The van der Waals surface area contributed by atoms with Crippen LogP contribution in [0.25, 0.3) is 0 Å². The summed E-state index contributed by atoms with van der Waals surface area (Å²) < 4.78 is 4.83. The van der Waals surface area contributed by atoms with Crippen molar-refractivity contribution in [2.24, 2.45) is 0 Å². The van der Waals surface area contributed by atoms with Crippen molar-refractivity contribution < 1.29 is 14.3 Å². The monoisotopic (exact) mass is 250 g/mol. The summed E-state index contributed by atoms with van der Waals surface area (Å²) >= 11 is 0. The van der Waals surface area contributed by atoms with Gasteiger partial charge in [0.05, 0.1) is 13.0 Å². The van der Waals surface area contributed by atoms with Crippen LogP contribution < -0.4 is 0 Å². The summed E-state index contributed by atoms with van der Waals surface area (Å²) in [5, 5.41) is 0. The van der Waals surface area contributed by atoms with Crippen molar-refractivity contribution in [3.8, 4) is 0 Å². The van der Waals surface area contributed by atoms with Crippen LogP contribution >= 0.6 is 0 Å². The topological polar surface area (TPSA) is 59.5 Å². The largest absolute Gasteiger partial charge is 0.465 e. The van der Waals surface area contributed by atoms with Gasteiger partial charge in [0, 0.05) is 18.4 Å². The second-order valence-corrected chi connectivity index (χ2v) is 3.71. The number of likely N-dealkylation sites (N-methyl/N-ethyl adjacent to an activating group) is 1. The molecular weight excluding hydrogens is 232 g/mol. The number of pyridine rings is 1. The summed E-state index contributed by atoms with van der Waals surface area (Å²) in [5.41, 5.74) is 0.699. The third kappa shape index (κ3) is 4.53. The average Bonchev–Trinajstić information content (AvgIpc) is 2.37. The van der Waals surface area contributed by atoms with E-state index in [1.807, 2.05) is 13.0 Å². The van der Waals surface area contributed by atoms with Crippen molar-refractivity contribution in [1.82, 2.24) is 9.88 Å². The predicted molar refractivity (Wildman–Crippen MR) is 66.8 cm³/mol. The van der Waals surface area contributed by atoms with Gasteiger partial charge in [-0.2, -0.15) is 0 Å². The van der Waals surface area contributed by atoms with Crippen molar-refractivity contribution in [1.29, 1.82) is 0 Å². The standard InChI is InChI=1S/C13H18N2O3/c1-3-15(10-13(17)18-4-2)12(16)9-11-7-5-6-8-14-11/h5-8H,3-4,9-10H2,1-2H3. The Kier molecular flexibility index (Phi) is 5.84. The van der Waals surface area contributed by atoms with E-state index in [-0.39, 0.29) is 24.8 Å². The van der Waals surface area contributed by atoms with Crippen molar-refractivity contribution in [2.45, 2.75) is 20.3 Å². The van der Waals surface area contributed by atoms with Gasteiger partial charge in [0.25, 0.3) is 0 Å². The summed E-state index contributed by atoms with van der Waals surface area (Å²) in [6.07, 6.45) is 1.85. The fraction of sp³-hybridized carbons (Fsp3) is 0.462. The van der Waals surface area contributed by atoms with Gasteiger partial charge in [0.15, 0.2) is 0 Å². The highest BCUT2D eigenvalue weighted by molar-refractivity contribution is 5.83. The minimum atomic E-state index is -0.381. The Balaban J connectivity index is 2.54. The van der Waals surface area contributed by atoms with E-state index in [4.69, 9.17) is 4.74 Å². The fourth-order valence-corrected chi connectivity index (χ4v) is 1.51. The molecule has 5 heteroatoms. The molecule has 5 nitrogen and oxygen atoms in total. The van der Waals surface area contributed by atoms with Gasteiger partial charge in [-0.1, -0.05) is 6.07 Å². The molecule has 0 aliphatic carbocycles. The quantitative estimate of drug-likeness (QED) is 0.708. The Labute approximate surface area is 107 Å². The molecule has 98 valence electrons. The van der Waals surface area contributed by atoms with Crippen LogP contribution in [0.1, 0.15) is 19.5 Å². The van der Waals surface area contributed by atoms with Crippen molar-refractivity contribution in [2.75, 3.05) is 19.7 Å². The first-order chi connectivity index (χ1) is 8.67. The number of hydrogen-bond acceptors (Lipinski definition) is 4. The van der Waals surface area contributed by atoms with E-state index in [2.05, 4.69) is 4.98 Å². The van der Waals surface area contributed by atoms with Crippen LogP contribution in [-0.2, 0) is 20.7 Å². The molecule has 0 fully saturated rings. The maximum absolute atomic E-state index is 12.0. The van der Waals surface area contributed by atoms with Gasteiger partial charge in [-0.15, -0.1) is 0 Å². The maximum Gasteiger partial charge on any atom is 0.325 e. The molecular formula is C13H18N2O3. The summed E-state index contributed by atoms with van der Waals surface area (Å²) in [4.78, 5) is 28.9. The lowest BCUT2D eigenvalue weighted by Gasteiger charge is -2.19. The van der Waals surface area contributed by atoms with Gasteiger partial charge in [0.2, 0.25) is 5.91 Å². The van der Waals surface area contributed by atoms with Gasteiger partial charge < -0.3 is 9.64 Å². The second kappa shape index (κ2) is 7.42. The highest BCUT2D eigenvalue weighted by atomic mass is 16.5. The Morgan fingerprint density at radius 1 is 1.33 bits per heavy atom.